The number of aromatic nitrogens is 1. The lowest BCUT2D eigenvalue weighted by Crippen LogP contribution is -2.25. The molecule has 4 nitrogen and oxygen atoms in total. The molecule has 0 saturated carbocycles. The van der Waals surface area contributed by atoms with Crippen LogP contribution in [0.5, 0.6) is 0 Å². The number of rotatable bonds is 7. The van der Waals surface area contributed by atoms with Crippen molar-refractivity contribution in [3.63, 3.8) is 0 Å². The van der Waals surface area contributed by atoms with Gasteiger partial charge < -0.3 is 10.4 Å². The van der Waals surface area contributed by atoms with Gasteiger partial charge in [-0.15, -0.1) is 0 Å². The second-order valence-electron chi connectivity index (χ2n) is 4.20. The normalized spacial score (nSPS) is 12.1. The number of aliphatic hydroxyl groups is 1. The number of carbonyl (C=O) groups is 1. The molecular formula is C13H20N2O2. The Kier molecular flexibility index (Phi) is 6.25. The third-order valence-electron chi connectivity index (χ3n) is 2.51. The number of amides is 1. The molecule has 1 atom stereocenters. The molecule has 0 saturated heterocycles. The number of carbonyl (C=O) groups excluding carboxylic acids is 1. The van der Waals surface area contributed by atoms with Gasteiger partial charge in [0.15, 0.2) is 0 Å². The van der Waals surface area contributed by atoms with Crippen molar-refractivity contribution in [1.29, 1.82) is 0 Å². The molecule has 17 heavy (non-hydrogen) atoms. The maximum absolute atomic E-state index is 11.5. The fraction of sp³-hybridized carbons (Fsp3) is 0.538. The van der Waals surface area contributed by atoms with Gasteiger partial charge in [-0.25, -0.2) is 0 Å². The number of hydrogen-bond acceptors (Lipinski definition) is 3. The SMILES string of the molecule is CC(O)CCCNC(=O)CCc1ccncc1. The van der Waals surface area contributed by atoms with Crippen molar-refractivity contribution < 1.29 is 9.90 Å². The molecular weight excluding hydrogens is 216 g/mol. The predicted molar refractivity (Wildman–Crippen MR) is 66.5 cm³/mol. The smallest absolute Gasteiger partial charge is 0.220 e. The van der Waals surface area contributed by atoms with Gasteiger partial charge in [-0.05, 0) is 43.9 Å². The van der Waals surface area contributed by atoms with E-state index in [2.05, 4.69) is 10.3 Å². The van der Waals surface area contributed by atoms with Crippen LogP contribution in [-0.4, -0.2) is 28.6 Å². The molecule has 1 unspecified atom stereocenters. The van der Waals surface area contributed by atoms with Gasteiger partial charge in [-0.1, -0.05) is 0 Å². The van der Waals surface area contributed by atoms with E-state index < -0.39 is 0 Å². The first-order chi connectivity index (χ1) is 8.18. The molecule has 0 aromatic carbocycles. The fourth-order valence-corrected chi connectivity index (χ4v) is 1.52. The van der Waals surface area contributed by atoms with Crippen molar-refractivity contribution in [3.05, 3.63) is 30.1 Å². The molecule has 2 N–H and O–H groups in total. The Hall–Kier alpha value is -1.42. The van der Waals surface area contributed by atoms with Crippen molar-refractivity contribution in [3.8, 4) is 0 Å². The molecule has 0 fully saturated rings. The average molecular weight is 236 g/mol. The van der Waals surface area contributed by atoms with E-state index in [9.17, 15) is 4.79 Å². The van der Waals surface area contributed by atoms with Gasteiger partial charge in [0.25, 0.3) is 0 Å². The minimum Gasteiger partial charge on any atom is -0.393 e. The highest BCUT2D eigenvalue weighted by Gasteiger charge is 2.02. The third kappa shape index (κ3) is 6.68. The molecule has 0 aliphatic heterocycles. The van der Waals surface area contributed by atoms with E-state index in [1.54, 1.807) is 19.3 Å². The Bertz CT molecular complexity index is 325. The zero-order valence-electron chi connectivity index (χ0n) is 10.2. The zero-order chi connectivity index (χ0) is 12.5. The topological polar surface area (TPSA) is 62.2 Å². The molecule has 0 bridgehead atoms. The monoisotopic (exact) mass is 236 g/mol. The van der Waals surface area contributed by atoms with Gasteiger partial charge in [0.2, 0.25) is 5.91 Å². The van der Waals surface area contributed by atoms with E-state index in [0.29, 0.717) is 13.0 Å². The fourth-order valence-electron chi connectivity index (χ4n) is 1.52. The summed E-state index contributed by atoms with van der Waals surface area (Å²) in [5.41, 5.74) is 1.12. The van der Waals surface area contributed by atoms with E-state index in [-0.39, 0.29) is 12.0 Å². The molecule has 4 heteroatoms. The summed E-state index contributed by atoms with van der Waals surface area (Å²) < 4.78 is 0. The van der Waals surface area contributed by atoms with Gasteiger partial charge in [-0.3, -0.25) is 9.78 Å². The summed E-state index contributed by atoms with van der Waals surface area (Å²) in [6.45, 7) is 2.39. The summed E-state index contributed by atoms with van der Waals surface area (Å²) >= 11 is 0. The highest BCUT2D eigenvalue weighted by atomic mass is 16.3. The maximum Gasteiger partial charge on any atom is 0.220 e. The Balaban J connectivity index is 2.09. The number of aliphatic hydroxyl groups excluding tert-OH is 1. The zero-order valence-corrected chi connectivity index (χ0v) is 10.2. The predicted octanol–water partition coefficient (Wildman–Crippen LogP) is 1.29. The van der Waals surface area contributed by atoms with E-state index in [1.165, 1.54) is 0 Å². The molecule has 1 aromatic rings. The first-order valence-corrected chi connectivity index (χ1v) is 6.02. The van der Waals surface area contributed by atoms with Gasteiger partial charge in [-0.2, -0.15) is 0 Å². The summed E-state index contributed by atoms with van der Waals surface area (Å²) in [4.78, 5) is 15.4. The van der Waals surface area contributed by atoms with Crippen LogP contribution in [0.1, 0.15) is 31.7 Å². The Morgan fingerprint density at radius 1 is 1.47 bits per heavy atom. The highest BCUT2D eigenvalue weighted by molar-refractivity contribution is 5.76. The van der Waals surface area contributed by atoms with Gasteiger partial charge in [0, 0.05) is 25.4 Å². The highest BCUT2D eigenvalue weighted by Crippen LogP contribution is 2.00. The van der Waals surface area contributed by atoms with Gasteiger partial charge >= 0.3 is 0 Å². The minimum absolute atomic E-state index is 0.0624. The van der Waals surface area contributed by atoms with Crippen molar-refractivity contribution in [2.45, 2.75) is 38.7 Å². The standard InChI is InChI=1S/C13H20N2O2/c1-11(16)3-2-8-15-13(17)5-4-12-6-9-14-10-7-12/h6-7,9-11,16H,2-5,8H2,1H3,(H,15,17). The average Bonchev–Trinajstić information content (AvgIpc) is 2.33. The molecule has 1 heterocycles. The van der Waals surface area contributed by atoms with Crippen LogP contribution in [0.2, 0.25) is 0 Å². The van der Waals surface area contributed by atoms with Crippen LogP contribution in [0.4, 0.5) is 0 Å². The third-order valence-corrected chi connectivity index (χ3v) is 2.51. The van der Waals surface area contributed by atoms with Crippen molar-refractivity contribution in [2.24, 2.45) is 0 Å². The first-order valence-electron chi connectivity index (χ1n) is 6.02. The molecule has 0 aliphatic carbocycles. The first kappa shape index (κ1) is 13.6. The van der Waals surface area contributed by atoms with Crippen LogP contribution < -0.4 is 5.32 Å². The van der Waals surface area contributed by atoms with Gasteiger partial charge in [0.05, 0.1) is 6.10 Å². The van der Waals surface area contributed by atoms with Crippen LogP contribution in [0.15, 0.2) is 24.5 Å². The second kappa shape index (κ2) is 7.79. The summed E-state index contributed by atoms with van der Waals surface area (Å²) in [6.07, 6.45) is 5.96. The number of hydrogen-bond donors (Lipinski definition) is 2. The van der Waals surface area contributed by atoms with Gasteiger partial charge in [0.1, 0.15) is 0 Å². The van der Waals surface area contributed by atoms with Crippen LogP contribution in [0, 0.1) is 0 Å². The van der Waals surface area contributed by atoms with Crippen LogP contribution >= 0.6 is 0 Å². The van der Waals surface area contributed by atoms with Crippen molar-refractivity contribution >= 4 is 5.91 Å². The van der Waals surface area contributed by atoms with Crippen LogP contribution in [0.25, 0.3) is 0 Å². The molecule has 1 amide bonds. The summed E-state index contributed by atoms with van der Waals surface area (Å²) in [5, 5.41) is 11.9. The Morgan fingerprint density at radius 2 is 2.18 bits per heavy atom. The van der Waals surface area contributed by atoms with E-state index in [0.717, 1.165) is 24.8 Å². The Morgan fingerprint density at radius 3 is 2.82 bits per heavy atom. The number of nitrogens with zero attached hydrogens (tertiary/aromatic N) is 1. The Labute approximate surface area is 102 Å². The summed E-state index contributed by atoms with van der Waals surface area (Å²) in [7, 11) is 0. The lowest BCUT2D eigenvalue weighted by Gasteiger charge is -2.06. The molecule has 1 aromatic heterocycles. The number of aryl methyl sites for hydroxylation is 1. The van der Waals surface area contributed by atoms with E-state index >= 15 is 0 Å². The number of pyridine rings is 1. The quantitative estimate of drug-likeness (QED) is 0.701. The molecule has 94 valence electrons. The second-order valence-corrected chi connectivity index (χ2v) is 4.20. The number of nitrogens with one attached hydrogen (secondary N) is 1. The largest absolute Gasteiger partial charge is 0.393 e. The van der Waals surface area contributed by atoms with E-state index in [4.69, 9.17) is 5.11 Å². The maximum atomic E-state index is 11.5. The molecule has 1 rings (SSSR count). The minimum atomic E-state index is -0.288. The lowest BCUT2D eigenvalue weighted by molar-refractivity contribution is -0.121. The van der Waals surface area contributed by atoms with Crippen LogP contribution in [0.3, 0.4) is 0 Å². The molecule has 0 aliphatic rings. The summed E-state index contributed by atoms with van der Waals surface area (Å²) in [6, 6.07) is 3.83. The summed E-state index contributed by atoms with van der Waals surface area (Å²) in [5.74, 6) is 0.0624. The van der Waals surface area contributed by atoms with Crippen LogP contribution in [-0.2, 0) is 11.2 Å². The van der Waals surface area contributed by atoms with Crippen molar-refractivity contribution in [1.82, 2.24) is 10.3 Å². The molecule has 0 radical (unpaired) electrons. The molecule has 0 spiro atoms. The van der Waals surface area contributed by atoms with E-state index in [1.807, 2.05) is 12.1 Å². The lowest BCUT2D eigenvalue weighted by atomic mass is 10.1. The van der Waals surface area contributed by atoms with Crippen molar-refractivity contribution in [2.75, 3.05) is 6.54 Å².